The number of nitrogens with zero attached hydrogens (tertiary/aromatic N) is 5. The Balaban J connectivity index is 1.56. The van der Waals surface area contributed by atoms with E-state index in [-0.39, 0.29) is 0 Å². The van der Waals surface area contributed by atoms with E-state index in [1.165, 1.54) is 12.8 Å². The van der Waals surface area contributed by atoms with Crippen LogP contribution in [0.5, 0.6) is 0 Å². The van der Waals surface area contributed by atoms with Gasteiger partial charge in [0, 0.05) is 61.9 Å². The smallest absolute Gasteiger partial charge is 0.161 e. The maximum absolute atomic E-state index is 5.48. The highest BCUT2D eigenvalue weighted by molar-refractivity contribution is 5.57. The summed E-state index contributed by atoms with van der Waals surface area (Å²) in [5.74, 6) is 1.84. The molecule has 6 nitrogen and oxygen atoms in total. The van der Waals surface area contributed by atoms with Gasteiger partial charge in [-0.25, -0.2) is 9.97 Å². The van der Waals surface area contributed by atoms with Gasteiger partial charge in [0.05, 0.1) is 13.2 Å². The number of aromatic nitrogens is 3. The molecular formula is C19H25N5O. The van der Waals surface area contributed by atoms with Gasteiger partial charge in [-0.3, -0.25) is 9.88 Å². The summed E-state index contributed by atoms with van der Waals surface area (Å²) in [6.07, 6.45) is 6.03. The maximum atomic E-state index is 5.48. The minimum Gasteiger partial charge on any atom is -0.379 e. The summed E-state index contributed by atoms with van der Waals surface area (Å²) >= 11 is 0. The molecule has 1 atom stereocenters. The second kappa shape index (κ2) is 7.45. The van der Waals surface area contributed by atoms with E-state index in [0.29, 0.717) is 6.04 Å². The average molecular weight is 339 g/mol. The van der Waals surface area contributed by atoms with Gasteiger partial charge in [-0.15, -0.1) is 0 Å². The Labute approximate surface area is 148 Å². The number of hydrogen-bond acceptors (Lipinski definition) is 6. The molecule has 0 spiro atoms. The minimum absolute atomic E-state index is 0.526. The summed E-state index contributed by atoms with van der Waals surface area (Å²) in [6.45, 7) is 7.99. The number of rotatable bonds is 4. The lowest BCUT2D eigenvalue weighted by Crippen LogP contribution is -2.45. The summed E-state index contributed by atoms with van der Waals surface area (Å²) in [4.78, 5) is 18.6. The van der Waals surface area contributed by atoms with Crippen LogP contribution in [0.1, 0.15) is 18.5 Å². The molecule has 0 aromatic carbocycles. The van der Waals surface area contributed by atoms with Gasteiger partial charge in [0.2, 0.25) is 0 Å². The lowest BCUT2D eigenvalue weighted by Gasteiger charge is -2.33. The number of anilines is 1. The zero-order valence-electron chi connectivity index (χ0n) is 14.8. The highest BCUT2D eigenvalue weighted by Gasteiger charge is 2.28. The minimum atomic E-state index is 0.526. The number of hydrogen-bond donors (Lipinski definition) is 0. The van der Waals surface area contributed by atoms with E-state index in [4.69, 9.17) is 9.72 Å². The van der Waals surface area contributed by atoms with Gasteiger partial charge < -0.3 is 9.64 Å². The van der Waals surface area contributed by atoms with Gasteiger partial charge in [0.1, 0.15) is 5.82 Å². The molecular weight excluding hydrogens is 314 g/mol. The van der Waals surface area contributed by atoms with Crippen LogP contribution in [-0.2, 0) is 4.74 Å². The highest BCUT2D eigenvalue weighted by atomic mass is 16.5. The quantitative estimate of drug-likeness (QED) is 0.851. The summed E-state index contributed by atoms with van der Waals surface area (Å²) in [6, 6.07) is 6.57. The van der Waals surface area contributed by atoms with Gasteiger partial charge in [0.25, 0.3) is 0 Å². The molecule has 2 aromatic heterocycles. The molecule has 132 valence electrons. The van der Waals surface area contributed by atoms with Crippen molar-refractivity contribution in [1.29, 1.82) is 0 Å². The number of aryl methyl sites for hydroxylation is 1. The Kier molecular flexibility index (Phi) is 4.90. The van der Waals surface area contributed by atoms with Crippen LogP contribution < -0.4 is 4.90 Å². The third-order valence-corrected chi connectivity index (χ3v) is 5.02. The molecule has 2 aliphatic rings. The molecule has 2 aromatic rings. The zero-order chi connectivity index (χ0) is 17.1. The van der Waals surface area contributed by atoms with Crippen LogP contribution in [0.2, 0.25) is 0 Å². The Bertz CT molecular complexity index is 702. The van der Waals surface area contributed by atoms with Crippen molar-refractivity contribution in [2.75, 3.05) is 44.3 Å². The van der Waals surface area contributed by atoms with Crippen molar-refractivity contribution in [2.45, 2.75) is 25.8 Å². The molecule has 0 N–H and O–H groups in total. The molecule has 0 amide bonds. The van der Waals surface area contributed by atoms with E-state index in [1.54, 1.807) is 12.4 Å². The predicted octanol–water partition coefficient (Wildman–Crippen LogP) is 2.15. The van der Waals surface area contributed by atoms with E-state index >= 15 is 0 Å². The summed E-state index contributed by atoms with van der Waals surface area (Å²) in [7, 11) is 0. The SMILES string of the molecule is Cc1cc(N2CCC[C@H]2CN2CCOCC2)nc(-c2ccncc2)n1. The fraction of sp³-hybridized carbons (Fsp3) is 0.526. The monoisotopic (exact) mass is 339 g/mol. The molecule has 2 fully saturated rings. The molecule has 0 bridgehead atoms. The Hall–Kier alpha value is -2.05. The summed E-state index contributed by atoms with van der Waals surface area (Å²) in [5, 5.41) is 0. The normalized spacial score (nSPS) is 21.6. The maximum Gasteiger partial charge on any atom is 0.161 e. The first-order valence-corrected chi connectivity index (χ1v) is 9.12. The molecule has 6 heteroatoms. The van der Waals surface area contributed by atoms with Crippen molar-refractivity contribution in [1.82, 2.24) is 19.9 Å². The van der Waals surface area contributed by atoms with E-state index < -0.39 is 0 Å². The average Bonchev–Trinajstić information content (AvgIpc) is 3.11. The van der Waals surface area contributed by atoms with Gasteiger partial charge >= 0.3 is 0 Å². The van der Waals surface area contributed by atoms with E-state index in [1.807, 2.05) is 19.1 Å². The molecule has 2 saturated heterocycles. The van der Waals surface area contributed by atoms with E-state index in [0.717, 1.165) is 62.3 Å². The summed E-state index contributed by atoms with van der Waals surface area (Å²) < 4.78 is 5.48. The second-order valence-electron chi connectivity index (χ2n) is 6.83. The third-order valence-electron chi connectivity index (χ3n) is 5.02. The largest absolute Gasteiger partial charge is 0.379 e. The molecule has 0 saturated carbocycles. The lowest BCUT2D eigenvalue weighted by atomic mass is 10.2. The van der Waals surface area contributed by atoms with Crippen molar-refractivity contribution in [3.05, 3.63) is 36.3 Å². The molecule has 0 aliphatic carbocycles. The Morgan fingerprint density at radius 1 is 1.12 bits per heavy atom. The van der Waals surface area contributed by atoms with Crippen LogP contribution in [-0.4, -0.2) is 65.3 Å². The predicted molar refractivity (Wildman–Crippen MR) is 97.6 cm³/mol. The van der Waals surface area contributed by atoms with Gasteiger partial charge in [-0.2, -0.15) is 0 Å². The van der Waals surface area contributed by atoms with Crippen molar-refractivity contribution < 1.29 is 4.74 Å². The fourth-order valence-corrected chi connectivity index (χ4v) is 3.74. The summed E-state index contributed by atoms with van der Waals surface area (Å²) in [5.41, 5.74) is 2.03. The number of ether oxygens (including phenoxy) is 1. The van der Waals surface area contributed by atoms with Gasteiger partial charge in [-0.05, 0) is 31.9 Å². The van der Waals surface area contributed by atoms with Crippen molar-refractivity contribution in [2.24, 2.45) is 0 Å². The van der Waals surface area contributed by atoms with Crippen LogP contribution in [0.4, 0.5) is 5.82 Å². The Morgan fingerprint density at radius 2 is 1.92 bits per heavy atom. The van der Waals surface area contributed by atoms with Crippen LogP contribution >= 0.6 is 0 Å². The van der Waals surface area contributed by atoms with E-state index in [2.05, 4.69) is 25.8 Å². The van der Waals surface area contributed by atoms with Crippen LogP contribution in [0.15, 0.2) is 30.6 Å². The van der Waals surface area contributed by atoms with Crippen molar-refractivity contribution in [3.63, 3.8) is 0 Å². The molecule has 2 aliphatic heterocycles. The molecule has 4 heterocycles. The zero-order valence-corrected chi connectivity index (χ0v) is 14.8. The first-order valence-electron chi connectivity index (χ1n) is 9.12. The number of morpholine rings is 1. The topological polar surface area (TPSA) is 54.4 Å². The van der Waals surface area contributed by atoms with E-state index in [9.17, 15) is 0 Å². The molecule has 4 rings (SSSR count). The van der Waals surface area contributed by atoms with Crippen LogP contribution in [0, 0.1) is 6.92 Å². The standard InChI is InChI=1S/C19H25N5O/c1-15-13-18(22-19(21-15)16-4-6-20-7-5-16)24-8-2-3-17(24)14-23-9-11-25-12-10-23/h4-7,13,17H,2-3,8-12,14H2,1H3/t17-/m0/s1. The van der Waals surface area contributed by atoms with Crippen LogP contribution in [0.25, 0.3) is 11.4 Å². The molecule has 0 unspecified atom stereocenters. The highest BCUT2D eigenvalue weighted by Crippen LogP contribution is 2.27. The lowest BCUT2D eigenvalue weighted by molar-refractivity contribution is 0.0354. The number of pyridine rings is 1. The van der Waals surface area contributed by atoms with Crippen molar-refractivity contribution >= 4 is 5.82 Å². The van der Waals surface area contributed by atoms with Crippen molar-refractivity contribution in [3.8, 4) is 11.4 Å². The first-order chi connectivity index (χ1) is 12.3. The van der Waals surface area contributed by atoms with Gasteiger partial charge in [0.15, 0.2) is 5.82 Å². The molecule has 25 heavy (non-hydrogen) atoms. The fourth-order valence-electron chi connectivity index (χ4n) is 3.74. The third kappa shape index (κ3) is 3.80. The van der Waals surface area contributed by atoms with Crippen LogP contribution in [0.3, 0.4) is 0 Å². The first kappa shape index (κ1) is 16.4. The Morgan fingerprint density at radius 3 is 2.72 bits per heavy atom. The second-order valence-corrected chi connectivity index (χ2v) is 6.83. The molecule has 0 radical (unpaired) electrons. The van der Waals surface area contributed by atoms with Gasteiger partial charge in [-0.1, -0.05) is 0 Å².